The Morgan fingerprint density at radius 1 is 1.06 bits per heavy atom. The Morgan fingerprint density at radius 3 is 2.45 bits per heavy atom. The number of methoxy groups -OCH3 is 1. The van der Waals surface area contributed by atoms with Crippen LogP contribution in [0.3, 0.4) is 0 Å². The second-order valence-electron chi connectivity index (χ2n) is 9.38. The number of benzene rings is 2. The van der Waals surface area contributed by atoms with E-state index in [0.29, 0.717) is 24.8 Å². The van der Waals surface area contributed by atoms with Crippen LogP contribution in [0.25, 0.3) is 0 Å². The first-order chi connectivity index (χ1) is 15.8. The highest BCUT2D eigenvalue weighted by Gasteiger charge is 2.29. The fourth-order valence-corrected chi connectivity index (χ4v) is 6.28. The normalized spacial score (nSPS) is 18.4. The van der Waals surface area contributed by atoms with Crippen molar-refractivity contribution in [1.82, 2.24) is 9.62 Å². The molecule has 33 heavy (non-hydrogen) atoms. The highest BCUT2D eigenvalue weighted by atomic mass is 32.2. The minimum atomic E-state index is -3.66. The Morgan fingerprint density at radius 2 is 1.76 bits per heavy atom. The Labute approximate surface area is 197 Å². The van der Waals surface area contributed by atoms with Gasteiger partial charge in [0.05, 0.1) is 23.6 Å². The fraction of sp³-hybridized carbons (Fsp3) is 0.500. The summed E-state index contributed by atoms with van der Waals surface area (Å²) in [5, 5.41) is 3.03. The fourth-order valence-electron chi connectivity index (χ4n) is 4.78. The summed E-state index contributed by atoms with van der Waals surface area (Å²) in [7, 11) is -2.17. The average Bonchev–Trinajstić information content (AvgIpc) is 2.83. The van der Waals surface area contributed by atoms with Gasteiger partial charge in [-0.15, -0.1) is 0 Å². The predicted octanol–water partition coefficient (Wildman–Crippen LogP) is 4.49. The van der Waals surface area contributed by atoms with Gasteiger partial charge in [-0.05, 0) is 86.3 Å². The largest absolute Gasteiger partial charge is 0.496 e. The number of hydrogen-bond donors (Lipinski definition) is 1. The summed E-state index contributed by atoms with van der Waals surface area (Å²) < 4.78 is 33.3. The van der Waals surface area contributed by atoms with Crippen LogP contribution in [0.4, 0.5) is 0 Å². The number of carbonyl (C=O) groups is 1. The van der Waals surface area contributed by atoms with Crippen LogP contribution in [0.1, 0.15) is 72.6 Å². The Hall–Kier alpha value is -2.38. The topological polar surface area (TPSA) is 75.7 Å². The Kier molecular flexibility index (Phi) is 7.10. The molecule has 1 N–H and O–H groups in total. The number of nitrogens with zero attached hydrogens (tertiary/aromatic N) is 1. The highest BCUT2D eigenvalue weighted by molar-refractivity contribution is 7.89. The van der Waals surface area contributed by atoms with Crippen molar-refractivity contribution in [2.75, 3.05) is 20.2 Å². The van der Waals surface area contributed by atoms with Gasteiger partial charge in [-0.1, -0.05) is 25.1 Å². The molecule has 0 spiro atoms. The van der Waals surface area contributed by atoms with Gasteiger partial charge in [0, 0.05) is 13.1 Å². The summed E-state index contributed by atoms with van der Waals surface area (Å²) in [5.41, 5.74) is 4.04. The lowest BCUT2D eigenvalue weighted by atomic mass is 9.89. The van der Waals surface area contributed by atoms with E-state index in [1.807, 2.05) is 6.92 Å². The van der Waals surface area contributed by atoms with Crippen molar-refractivity contribution < 1.29 is 17.9 Å². The van der Waals surface area contributed by atoms with Gasteiger partial charge < -0.3 is 10.1 Å². The van der Waals surface area contributed by atoms with E-state index in [9.17, 15) is 13.2 Å². The minimum Gasteiger partial charge on any atom is -0.496 e. The number of carbonyl (C=O) groups excluding carboxylic acids is 1. The quantitative estimate of drug-likeness (QED) is 0.675. The lowest BCUT2D eigenvalue weighted by molar-refractivity contribution is 0.0936. The molecule has 1 atom stereocenters. The van der Waals surface area contributed by atoms with Crippen LogP contribution in [0.15, 0.2) is 41.3 Å². The zero-order chi connectivity index (χ0) is 23.6. The minimum absolute atomic E-state index is 0.129. The number of amides is 1. The first-order valence-electron chi connectivity index (χ1n) is 11.9. The third-order valence-electron chi connectivity index (χ3n) is 7.02. The van der Waals surface area contributed by atoms with E-state index < -0.39 is 10.0 Å². The molecule has 1 saturated heterocycles. The summed E-state index contributed by atoms with van der Waals surface area (Å²) in [6.07, 6.45) is 6.32. The van der Waals surface area contributed by atoms with Crippen LogP contribution < -0.4 is 10.1 Å². The van der Waals surface area contributed by atoms with E-state index in [2.05, 4.69) is 30.4 Å². The standard InChI is InChI=1S/C26H34N2O4S/c1-18-12-14-28(15-13-18)33(30,31)23-10-11-25(32-3)24(17-23)26(29)27-19(2)21-9-8-20-6-4-5-7-22(20)16-21/h8-11,16-19H,4-7,12-15H2,1-3H3,(H,27,29)/t19-/m1/s1. The maximum absolute atomic E-state index is 13.2. The number of fused-ring (bicyclic) bond motifs is 1. The number of hydrogen-bond acceptors (Lipinski definition) is 4. The summed E-state index contributed by atoms with van der Waals surface area (Å²) in [6.45, 7) is 5.10. The first kappa shape index (κ1) is 23.8. The van der Waals surface area contributed by atoms with Crippen LogP contribution in [0.2, 0.25) is 0 Å². The van der Waals surface area contributed by atoms with Gasteiger partial charge in [0.1, 0.15) is 5.75 Å². The molecule has 1 aliphatic heterocycles. The van der Waals surface area contributed by atoms with Crippen molar-refractivity contribution >= 4 is 15.9 Å². The molecule has 0 bridgehead atoms. The van der Waals surface area contributed by atoms with Gasteiger partial charge >= 0.3 is 0 Å². The maximum atomic E-state index is 13.2. The zero-order valence-corrected chi connectivity index (χ0v) is 20.6. The number of ether oxygens (including phenoxy) is 1. The van der Waals surface area contributed by atoms with Gasteiger partial charge in [0.2, 0.25) is 10.0 Å². The van der Waals surface area contributed by atoms with Gasteiger partial charge in [-0.25, -0.2) is 8.42 Å². The molecule has 2 aromatic rings. The molecule has 1 heterocycles. The average molecular weight is 471 g/mol. The van der Waals surface area contributed by atoms with E-state index in [4.69, 9.17) is 4.74 Å². The van der Waals surface area contributed by atoms with Crippen LogP contribution in [-0.4, -0.2) is 38.8 Å². The number of sulfonamides is 1. The van der Waals surface area contributed by atoms with E-state index >= 15 is 0 Å². The molecule has 178 valence electrons. The summed E-state index contributed by atoms with van der Waals surface area (Å²) in [4.78, 5) is 13.3. The maximum Gasteiger partial charge on any atom is 0.255 e. The smallest absolute Gasteiger partial charge is 0.255 e. The molecule has 7 heteroatoms. The highest BCUT2D eigenvalue weighted by Crippen LogP contribution is 2.29. The Balaban J connectivity index is 1.55. The lowest BCUT2D eigenvalue weighted by Gasteiger charge is -2.29. The summed E-state index contributed by atoms with van der Waals surface area (Å²) >= 11 is 0. The third kappa shape index (κ3) is 5.09. The molecule has 1 amide bonds. The van der Waals surface area contributed by atoms with Crippen LogP contribution in [0, 0.1) is 5.92 Å². The molecule has 0 radical (unpaired) electrons. The zero-order valence-electron chi connectivity index (χ0n) is 19.8. The van der Waals surface area contributed by atoms with Crippen LogP contribution in [0.5, 0.6) is 5.75 Å². The van der Waals surface area contributed by atoms with Crippen molar-refractivity contribution in [2.45, 2.75) is 63.3 Å². The van der Waals surface area contributed by atoms with Crippen molar-refractivity contribution in [3.63, 3.8) is 0 Å². The van der Waals surface area contributed by atoms with Crippen molar-refractivity contribution in [2.24, 2.45) is 5.92 Å². The Bertz CT molecular complexity index is 1120. The number of rotatable bonds is 6. The molecule has 1 fully saturated rings. The van der Waals surface area contributed by atoms with Crippen LogP contribution >= 0.6 is 0 Å². The van der Waals surface area contributed by atoms with Gasteiger partial charge in [-0.2, -0.15) is 4.31 Å². The SMILES string of the molecule is COc1ccc(S(=O)(=O)N2CCC(C)CC2)cc1C(=O)N[C@H](C)c1ccc2c(c1)CCCC2. The van der Waals surface area contributed by atoms with E-state index in [1.165, 1.54) is 47.5 Å². The van der Waals surface area contributed by atoms with Gasteiger partial charge in [0.25, 0.3) is 5.91 Å². The van der Waals surface area contributed by atoms with Gasteiger partial charge in [0.15, 0.2) is 0 Å². The molecule has 2 aromatic carbocycles. The van der Waals surface area contributed by atoms with Gasteiger partial charge in [-0.3, -0.25) is 4.79 Å². The molecular formula is C26H34N2O4S. The number of nitrogens with one attached hydrogen (secondary N) is 1. The number of piperidine rings is 1. The monoisotopic (exact) mass is 470 g/mol. The first-order valence-corrected chi connectivity index (χ1v) is 13.3. The summed E-state index contributed by atoms with van der Waals surface area (Å²) in [5.74, 6) is 0.538. The van der Waals surface area contributed by atoms with E-state index in [1.54, 1.807) is 6.07 Å². The molecule has 2 aliphatic rings. The molecule has 6 nitrogen and oxygen atoms in total. The molecule has 0 saturated carbocycles. The van der Waals surface area contributed by atoms with Crippen molar-refractivity contribution in [3.05, 3.63) is 58.7 Å². The lowest BCUT2D eigenvalue weighted by Crippen LogP contribution is -2.38. The van der Waals surface area contributed by atoms with Crippen molar-refractivity contribution in [1.29, 1.82) is 0 Å². The van der Waals surface area contributed by atoms with Crippen LogP contribution in [-0.2, 0) is 22.9 Å². The second-order valence-corrected chi connectivity index (χ2v) is 11.3. The second kappa shape index (κ2) is 9.85. The van der Waals surface area contributed by atoms with Crippen molar-refractivity contribution in [3.8, 4) is 5.75 Å². The molecule has 4 rings (SSSR count). The third-order valence-corrected chi connectivity index (χ3v) is 8.91. The van der Waals surface area contributed by atoms with E-state index in [-0.39, 0.29) is 22.4 Å². The molecule has 0 unspecified atom stereocenters. The summed E-state index contributed by atoms with van der Waals surface area (Å²) in [6, 6.07) is 10.8. The van der Waals surface area contributed by atoms with E-state index in [0.717, 1.165) is 31.2 Å². The predicted molar refractivity (Wildman–Crippen MR) is 129 cm³/mol. The number of aryl methyl sites for hydroxylation is 2. The molecular weight excluding hydrogens is 436 g/mol. The molecule has 1 aliphatic carbocycles. The molecule has 0 aromatic heterocycles.